The van der Waals surface area contributed by atoms with Gasteiger partial charge in [0.2, 0.25) is 0 Å². The molecule has 0 aliphatic rings. The van der Waals surface area contributed by atoms with Gasteiger partial charge in [0.1, 0.15) is 12.4 Å². The number of hydrogen-bond acceptors (Lipinski definition) is 4. The largest absolute Gasteiger partial charge is 0.369 e. The Balaban J connectivity index is 4.02. The third-order valence-electron chi connectivity index (χ3n) is 2.50. The molecule has 0 fully saturated rings. The minimum Gasteiger partial charge on any atom is -0.369 e. The Morgan fingerprint density at radius 2 is 1.55 bits per heavy atom. The minimum atomic E-state index is -0.138. The van der Waals surface area contributed by atoms with Crippen LogP contribution in [0.1, 0.15) is 47.0 Å². The zero-order valence-electron chi connectivity index (χ0n) is 12.8. The summed E-state index contributed by atoms with van der Waals surface area (Å²) in [4.78, 5) is 32.9. The number of ketones is 3. The van der Waals surface area contributed by atoms with Crippen molar-refractivity contribution in [2.24, 2.45) is 0 Å². The van der Waals surface area contributed by atoms with Gasteiger partial charge in [-0.3, -0.25) is 14.4 Å². The van der Waals surface area contributed by atoms with Gasteiger partial charge in [0.05, 0.1) is 13.0 Å². The van der Waals surface area contributed by atoms with Crippen LogP contribution in [-0.2, 0) is 19.1 Å². The van der Waals surface area contributed by atoms with E-state index in [1.165, 1.54) is 19.9 Å². The van der Waals surface area contributed by atoms with Crippen LogP contribution in [0.15, 0.2) is 23.3 Å². The lowest BCUT2D eigenvalue weighted by atomic mass is 10.1. The molecule has 0 unspecified atom stereocenters. The highest BCUT2D eigenvalue weighted by atomic mass is 16.5. The van der Waals surface area contributed by atoms with Crippen LogP contribution in [-0.4, -0.2) is 30.6 Å². The van der Waals surface area contributed by atoms with Crippen LogP contribution in [0, 0.1) is 0 Å². The molecule has 0 N–H and O–H groups in total. The predicted molar refractivity (Wildman–Crippen MR) is 78.6 cm³/mol. The van der Waals surface area contributed by atoms with E-state index in [2.05, 4.69) is 0 Å². The monoisotopic (exact) mass is 280 g/mol. The van der Waals surface area contributed by atoms with Gasteiger partial charge in [-0.05, 0) is 46.6 Å². The van der Waals surface area contributed by atoms with E-state index < -0.39 is 0 Å². The lowest BCUT2D eigenvalue weighted by molar-refractivity contribution is -0.123. The van der Waals surface area contributed by atoms with Crippen LogP contribution in [0.5, 0.6) is 0 Å². The lowest BCUT2D eigenvalue weighted by Gasteiger charge is -2.03. The van der Waals surface area contributed by atoms with Crippen molar-refractivity contribution in [1.82, 2.24) is 0 Å². The zero-order chi connectivity index (χ0) is 15.5. The lowest BCUT2D eigenvalue weighted by Crippen LogP contribution is -2.05. The number of rotatable bonds is 10. The topological polar surface area (TPSA) is 60.4 Å². The molecule has 20 heavy (non-hydrogen) atoms. The molecular formula is C16H24O4. The van der Waals surface area contributed by atoms with Crippen molar-refractivity contribution in [1.29, 1.82) is 0 Å². The maximum absolute atomic E-state index is 11.4. The molecule has 0 radical (unpaired) electrons. The van der Waals surface area contributed by atoms with E-state index in [-0.39, 0.29) is 30.4 Å². The fraction of sp³-hybridized carbons (Fsp3) is 0.562. The summed E-state index contributed by atoms with van der Waals surface area (Å²) < 4.78 is 5.20. The number of carbonyl (C=O) groups excluding carboxylic acids is 3. The Morgan fingerprint density at radius 1 is 0.900 bits per heavy atom. The van der Waals surface area contributed by atoms with Gasteiger partial charge in [-0.2, -0.15) is 0 Å². The summed E-state index contributed by atoms with van der Waals surface area (Å²) >= 11 is 0. The van der Waals surface area contributed by atoms with Gasteiger partial charge < -0.3 is 4.74 Å². The van der Waals surface area contributed by atoms with Crippen molar-refractivity contribution >= 4 is 17.3 Å². The summed E-state index contributed by atoms with van der Waals surface area (Å²) in [5.41, 5.74) is 2.03. The Labute approximate surface area is 120 Å². The molecule has 4 heteroatoms. The Hall–Kier alpha value is -1.55. The number of hydrogen-bond donors (Lipinski definition) is 0. The summed E-state index contributed by atoms with van der Waals surface area (Å²) in [5, 5.41) is 0. The molecule has 0 spiro atoms. The van der Waals surface area contributed by atoms with Crippen molar-refractivity contribution in [3.8, 4) is 0 Å². The zero-order valence-corrected chi connectivity index (χ0v) is 12.8. The normalized spacial score (nSPS) is 12.4. The average molecular weight is 280 g/mol. The van der Waals surface area contributed by atoms with E-state index in [4.69, 9.17) is 4.74 Å². The van der Waals surface area contributed by atoms with Gasteiger partial charge in [0, 0.05) is 0 Å². The summed E-state index contributed by atoms with van der Waals surface area (Å²) in [6, 6.07) is 0. The first-order valence-corrected chi connectivity index (χ1v) is 6.73. The number of allylic oxidation sites excluding steroid dienone is 3. The molecule has 0 aromatic rings. The fourth-order valence-electron chi connectivity index (χ4n) is 1.60. The molecule has 0 amide bonds. The molecule has 0 atom stereocenters. The second-order valence-electron chi connectivity index (χ2n) is 5.12. The summed E-state index contributed by atoms with van der Waals surface area (Å²) in [5.74, 6) is -0.238. The van der Waals surface area contributed by atoms with E-state index in [0.29, 0.717) is 6.61 Å². The first-order chi connectivity index (χ1) is 9.31. The fourth-order valence-corrected chi connectivity index (χ4v) is 1.60. The maximum atomic E-state index is 11.4. The van der Waals surface area contributed by atoms with Crippen LogP contribution >= 0.6 is 0 Å². The van der Waals surface area contributed by atoms with Gasteiger partial charge in [-0.25, -0.2) is 0 Å². The van der Waals surface area contributed by atoms with Crippen molar-refractivity contribution < 1.29 is 19.1 Å². The summed E-state index contributed by atoms with van der Waals surface area (Å²) in [6.45, 7) is 7.32. The first kappa shape index (κ1) is 18.4. The van der Waals surface area contributed by atoms with Crippen LogP contribution in [0.2, 0.25) is 0 Å². The molecular weight excluding hydrogens is 256 g/mol. The highest BCUT2D eigenvalue weighted by Gasteiger charge is 2.02. The Kier molecular flexibility index (Phi) is 9.47. The van der Waals surface area contributed by atoms with E-state index in [0.717, 1.165) is 24.0 Å². The Bertz CT molecular complexity index is 416. The Morgan fingerprint density at radius 3 is 2.10 bits per heavy atom. The number of ether oxygens (including phenoxy) is 1. The van der Waals surface area contributed by atoms with E-state index in [1.54, 1.807) is 0 Å². The molecule has 0 saturated heterocycles. The van der Waals surface area contributed by atoms with Gasteiger partial charge in [0.15, 0.2) is 11.6 Å². The summed E-state index contributed by atoms with van der Waals surface area (Å²) in [6.07, 6.45) is 5.13. The van der Waals surface area contributed by atoms with Gasteiger partial charge in [0.25, 0.3) is 0 Å². The van der Waals surface area contributed by atoms with Gasteiger partial charge in [-0.1, -0.05) is 17.2 Å². The average Bonchev–Trinajstić information content (AvgIpc) is 2.26. The van der Waals surface area contributed by atoms with Crippen molar-refractivity contribution in [2.45, 2.75) is 47.0 Å². The molecule has 0 heterocycles. The quantitative estimate of drug-likeness (QED) is 0.351. The molecule has 0 rings (SSSR count). The van der Waals surface area contributed by atoms with Crippen LogP contribution < -0.4 is 0 Å². The summed E-state index contributed by atoms with van der Waals surface area (Å²) in [7, 11) is 0. The predicted octanol–water partition coefficient (Wildman–Crippen LogP) is 2.81. The molecule has 4 nitrogen and oxygen atoms in total. The maximum Gasteiger partial charge on any atom is 0.162 e. The van der Waals surface area contributed by atoms with Gasteiger partial charge >= 0.3 is 0 Å². The van der Waals surface area contributed by atoms with E-state index >= 15 is 0 Å². The second-order valence-corrected chi connectivity index (χ2v) is 5.12. The molecule has 0 aromatic heterocycles. The molecule has 0 aromatic carbocycles. The highest BCUT2D eigenvalue weighted by Crippen LogP contribution is 2.08. The van der Waals surface area contributed by atoms with Crippen molar-refractivity contribution in [3.05, 3.63) is 23.3 Å². The SMILES string of the molecule is CC(=O)COC/C(C)=C/CC/C(C)=C/C(=O)CC(C)=O. The number of Topliss-reactive ketones (excluding diaryl/α,β-unsaturated/α-hetero) is 2. The third-order valence-corrected chi connectivity index (χ3v) is 2.50. The van der Waals surface area contributed by atoms with Crippen LogP contribution in [0.3, 0.4) is 0 Å². The van der Waals surface area contributed by atoms with Crippen LogP contribution in [0.25, 0.3) is 0 Å². The first-order valence-electron chi connectivity index (χ1n) is 6.73. The highest BCUT2D eigenvalue weighted by molar-refractivity contribution is 6.03. The molecule has 0 saturated carbocycles. The molecule has 0 aliphatic heterocycles. The van der Waals surface area contributed by atoms with Crippen LogP contribution in [0.4, 0.5) is 0 Å². The standard InChI is InChI=1S/C16H24O4/c1-12(8-16(19)9-14(3)17)6-5-7-13(2)10-20-11-15(4)18/h7-8H,5-6,9-11H2,1-4H3/b12-8+,13-7+. The third kappa shape index (κ3) is 11.5. The van der Waals surface area contributed by atoms with Crippen molar-refractivity contribution in [2.75, 3.05) is 13.2 Å². The van der Waals surface area contributed by atoms with Gasteiger partial charge in [-0.15, -0.1) is 0 Å². The smallest absolute Gasteiger partial charge is 0.162 e. The van der Waals surface area contributed by atoms with E-state index in [9.17, 15) is 14.4 Å². The molecule has 112 valence electrons. The minimum absolute atomic E-state index is 0.0144. The van der Waals surface area contributed by atoms with E-state index in [1.807, 2.05) is 19.9 Å². The second kappa shape index (κ2) is 10.3. The molecule has 0 bridgehead atoms. The number of carbonyl (C=O) groups is 3. The van der Waals surface area contributed by atoms with Crippen molar-refractivity contribution in [3.63, 3.8) is 0 Å². The molecule has 0 aliphatic carbocycles.